The van der Waals surface area contributed by atoms with Gasteiger partial charge < -0.3 is 24.2 Å². The number of ether oxygens (including phenoxy) is 3. The van der Waals surface area contributed by atoms with E-state index in [2.05, 4.69) is 0 Å². The van der Waals surface area contributed by atoms with Gasteiger partial charge in [0.15, 0.2) is 11.5 Å². The van der Waals surface area contributed by atoms with Crippen molar-refractivity contribution in [2.75, 3.05) is 47.5 Å². The summed E-state index contributed by atoms with van der Waals surface area (Å²) in [5.41, 5.74) is -2.91. The maximum absolute atomic E-state index is 13.6. The molecule has 49 heavy (non-hydrogen) atoms. The van der Waals surface area contributed by atoms with Crippen LogP contribution in [0.1, 0.15) is 33.5 Å². The molecule has 1 aliphatic heterocycles. The number of carbonyl (C=O) groups is 2. The van der Waals surface area contributed by atoms with Gasteiger partial charge in [0.1, 0.15) is 16.7 Å². The van der Waals surface area contributed by atoms with Gasteiger partial charge in [-0.15, -0.1) is 0 Å². The zero-order chi connectivity index (χ0) is 36.1. The lowest BCUT2D eigenvalue weighted by molar-refractivity contribution is -0.143. The zero-order valence-electron chi connectivity index (χ0n) is 26.3. The minimum atomic E-state index is -5.02. The molecule has 262 valence electrons. The average molecular weight is 729 g/mol. The second kappa shape index (κ2) is 15.5. The van der Waals surface area contributed by atoms with E-state index in [0.29, 0.717) is 30.8 Å². The average Bonchev–Trinajstić information content (AvgIpc) is 3.29. The Bertz CT molecular complexity index is 1730. The van der Waals surface area contributed by atoms with Gasteiger partial charge in [-0.2, -0.15) is 26.3 Å². The summed E-state index contributed by atoms with van der Waals surface area (Å²) in [6, 6.07) is 9.63. The third-order valence-corrected chi connectivity index (χ3v) is 8.46. The molecule has 8 nitrogen and oxygen atoms in total. The second-order valence-electron chi connectivity index (χ2n) is 10.9. The minimum Gasteiger partial charge on any atom is -0.493 e. The van der Waals surface area contributed by atoms with Gasteiger partial charge in [-0.25, -0.2) is 4.79 Å². The van der Waals surface area contributed by atoms with Crippen LogP contribution in [0.3, 0.4) is 0 Å². The Balaban J connectivity index is 1.58. The van der Waals surface area contributed by atoms with Crippen LogP contribution in [-0.2, 0) is 17.1 Å². The van der Waals surface area contributed by atoms with Gasteiger partial charge in [0, 0.05) is 18.7 Å². The van der Waals surface area contributed by atoms with Crippen LogP contribution in [0.4, 0.5) is 26.3 Å². The van der Waals surface area contributed by atoms with E-state index in [0.717, 1.165) is 11.8 Å². The molecule has 1 saturated heterocycles. The summed E-state index contributed by atoms with van der Waals surface area (Å²) in [6.07, 6.45) is -8.28. The van der Waals surface area contributed by atoms with E-state index >= 15 is 0 Å². The van der Waals surface area contributed by atoms with Crippen molar-refractivity contribution in [1.82, 2.24) is 9.80 Å². The highest BCUT2D eigenvalue weighted by Gasteiger charge is 2.37. The summed E-state index contributed by atoms with van der Waals surface area (Å²) in [4.78, 5) is 28.0. The van der Waals surface area contributed by atoms with Crippen LogP contribution in [0.2, 0.25) is 0 Å². The molecule has 1 amide bonds. The molecule has 0 bridgehead atoms. The number of likely N-dealkylation sites (N-methyl/N-ethyl adjacent to an activating group) is 1. The number of carbonyl (C=O) groups excluding carboxylic acids is 1. The Morgan fingerprint density at radius 2 is 1.53 bits per heavy atom. The standard InChI is InChI=1S/C33H30F6N2O6S2/c1-40(2)10-12-47-25-7-5-19(21-14-23(32(34,35)36)18-24(15-21)33(37,38)39)13-22(25)17-28-29(42)41(31(48)49-28)9-4-11-46-26-8-6-20(30(43)44)16-27(26)45-3/h5-8,13-18H,4,9-12H2,1-3H3,(H,43,44). The Morgan fingerprint density at radius 3 is 2.12 bits per heavy atom. The molecule has 4 rings (SSSR count). The van der Waals surface area contributed by atoms with Crippen molar-refractivity contribution in [3.05, 3.63) is 81.8 Å². The first-order valence-electron chi connectivity index (χ1n) is 14.5. The van der Waals surface area contributed by atoms with E-state index in [4.69, 9.17) is 26.4 Å². The molecule has 0 aliphatic carbocycles. The summed E-state index contributed by atoms with van der Waals surface area (Å²) in [6.45, 7) is 0.999. The van der Waals surface area contributed by atoms with Crippen molar-refractivity contribution in [2.45, 2.75) is 18.8 Å². The Kier molecular flexibility index (Phi) is 11.9. The number of thioether (sulfide) groups is 1. The van der Waals surface area contributed by atoms with E-state index in [9.17, 15) is 41.0 Å². The number of methoxy groups -OCH3 is 1. The van der Waals surface area contributed by atoms with Crippen molar-refractivity contribution in [3.8, 4) is 28.4 Å². The van der Waals surface area contributed by atoms with Crippen LogP contribution < -0.4 is 14.2 Å². The van der Waals surface area contributed by atoms with Gasteiger partial charge in [0.25, 0.3) is 5.91 Å². The van der Waals surface area contributed by atoms with Crippen molar-refractivity contribution in [1.29, 1.82) is 0 Å². The highest BCUT2D eigenvalue weighted by Crippen LogP contribution is 2.40. The minimum absolute atomic E-state index is 0.0197. The highest BCUT2D eigenvalue weighted by molar-refractivity contribution is 8.26. The van der Waals surface area contributed by atoms with Crippen molar-refractivity contribution in [3.63, 3.8) is 0 Å². The van der Waals surface area contributed by atoms with Crippen molar-refractivity contribution < 1.29 is 55.2 Å². The van der Waals surface area contributed by atoms with Crippen LogP contribution in [0, 0.1) is 0 Å². The van der Waals surface area contributed by atoms with Gasteiger partial charge in [0.2, 0.25) is 0 Å². The van der Waals surface area contributed by atoms with Gasteiger partial charge in [-0.1, -0.05) is 30.0 Å². The van der Waals surface area contributed by atoms with Crippen LogP contribution in [0.15, 0.2) is 59.5 Å². The molecule has 0 aromatic heterocycles. The number of aromatic carboxylic acids is 1. The Hall–Kier alpha value is -4.28. The van der Waals surface area contributed by atoms with Crippen molar-refractivity contribution in [2.24, 2.45) is 0 Å². The van der Waals surface area contributed by atoms with E-state index in [1.54, 1.807) is 0 Å². The van der Waals surface area contributed by atoms with Crippen LogP contribution in [0.5, 0.6) is 17.2 Å². The number of amides is 1. The SMILES string of the molecule is COc1cc(C(=O)O)ccc1OCCCN1C(=O)C(=Cc2cc(-c3cc(C(F)(F)F)cc(C(F)(F)F)c3)ccc2OCCN(C)C)SC1=S. The molecule has 0 saturated carbocycles. The predicted molar refractivity (Wildman–Crippen MR) is 176 cm³/mol. The molecule has 1 aliphatic rings. The summed E-state index contributed by atoms with van der Waals surface area (Å²) in [7, 11) is 5.01. The summed E-state index contributed by atoms with van der Waals surface area (Å²) < 4.78 is 98.4. The Morgan fingerprint density at radius 1 is 0.898 bits per heavy atom. The summed E-state index contributed by atoms with van der Waals surface area (Å²) >= 11 is 6.41. The number of benzene rings is 3. The molecule has 0 radical (unpaired) electrons. The number of nitrogens with zero attached hydrogens (tertiary/aromatic N) is 2. The lowest BCUT2D eigenvalue weighted by atomic mass is 9.97. The first kappa shape index (κ1) is 37.5. The topological polar surface area (TPSA) is 88.5 Å². The highest BCUT2D eigenvalue weighted by atomic mass is 32.2. The first-order chi connectivity index (χ1) is 23.0. The van der Waals surface area contributed by atoms with Crippen LogP contribution in [0.25, 0.3) is 17.2 Å². The number of hydrogen-bond donors (Lipinski definition) is 1. The molecular weight excluding hydrogens is 698 g/mol. The van der Waals surface area contributed by atoms with Crippen LogP contribution >= 0.6 is 24.0 Å². The number of alkyl halides is 6. The molecule has 0 unspecified atom stereocenters. The van der Waals surface area contributed by atoms with Crippen LogP contribution in [-0.4, -0.2) is 78.6 Å². The maximum atomic E-state index is 13.6. The number of carboxylic acid groups (broad SMARTS) is 1. The van der Waals surface area contributed by atoms with E-state index in [-0.39, 0.29) is 68.8 Å². The molecule has 3 aromatic carbocycles. The summed E-state index contributed by atoms with van der Waals surface area (Å²) in [5, 5.41) is 9.17. The van der Waals surface area contributed by atoms with E-state index < -0.39 is 35.4 Å². The third-order valence-electron chi connectivity index (χ3n) is 7.08. The van der Waals surface area contributed by atoms with Gasteiger partial charge >= 0.3 is 18.3 Å². The summed E-state index contributed by atoms with van der Waals surface area (Å²) in [5.74, 6) is -0.796. The smallest absolute Gasteiger partial charge is 0.416 e. The fraction of sp³-hybridized carbons (Fsp3) is 0.303. The molecule has 1 fully saturated rings. The fourth-order valence-corrected chi connectivity index (χ4v) is 5.89. The zero-order valence-corrected chi connectivity index (χ0v) is 27.9. The molecule has 1 N–H and O–H groups in total. The van der Waals surface area contributed by atoms with E-state index in [1.165, 1.54) is 54.5 Å². The quantitative estimate of drug-likeness (QED) is 0.0824. The number of halogens is 6. The second-order valence-corrected chi connectivity index (χ2v) is 12.6. The number of thiocarbonyl (C=S) groups is 1. The number of carboxylic acids is 1. The molecule has 3 aromatic rings. The Labute approximate surface area is 287 Å². The normalized spacial score (nSPS) is 14.6. The monoisotopic (exact) mass is 728 g/mol. The molecule has 16 heteroatoms. The van der Waals surface area contributed by atoms with Gasteiger partial charge in [0.05, 0.1) is 35.3 Å². The maximum Gasteiger partial charge on any atom is 0.416 e. The van der Waals surface area contributed by atoms with E-state index in [1.807, 2.05) is 19.0 Å². The lowest BCUT2D eigenvalue weighted by Gasteiger charge is -2.17. The molecule has 0 spiro atoms. The number of hydrogen-bond acceptors (Lipinski definition) is 8. The van der Waals surface area contributed by atoms with Gasteiger partial charge in [-0.3, -0.25) is 9.69 Å². The largest absolute Gasteiger partial charge is 0.493 e. The lowest BCUT2D eigenvalue weighted by Crippen LogP contribution is -2.30. The molecule has 0 atom stereocenters. The predicted octanol–water partition coefficient (Wildman–Crippen LogP) is 7.71. The fourth-order valence-electron chi connectivity index (χ4n) is 4.59. The third kappa shape index (κ3) is 9.67. The first-order valence-corrected chi connectivity index (χ1v) is 15.7. The molecule has 1 heterocycles. The number of rotatable bonds is 13. The van der Waals surface area contributed by atoms with Gasteiger partial charge in [-0.05, 0) is 86.3 Å². The molecular formula is C33H30F6N2O6S2. The van der Waals surface area contributed by atoms with Crippen molar-refractivity contribution >= 4 is 46.3 Å².